The zero-order valence-corrected chi connectivity index (χ0v) is 16.8. The average molecular weight is 378 g/mol. The Morgan fingerprint density at radius 2 is 2.19 bits per heavy atom. The molecule has 0 bridgehead atoms. The summed E-state index contributed by atoms with van der Waals surface area (Å²) in [6.07, 6.45) is 2.93. The van der Waals surface area contributed by atoms with E-state index < -0.39 is 9.84 Å². The minimum atomic E-state index is -2.83. The second kappa shape index (κ2) is 8.42. The van der Waals surface area contributed by atoms with Crippen LogP contribution in [0, 0.1) is 12.8 Å². The number of likely N-dealkylation sites (tertiary alicyclic amines) is 1. The number of hydrogen-bond donors (Lipinski definition) is 1. The Labute approximate surface area is 157 Å². The maximum atomic E-state index is 11.7. The predicted molar refractivity (Wildman–Crippen MR) is 107 cm³/mol. The molecule has 2 fully saturated rings. The van der Waals surface area contributed by atoms with Gasteiger partial charge in [0.2, 0.25) is 0 Å². The molecule has 0 radical (unpaired) electrons. The monoisotopic (exact) mass is 377 g/mol. The number of nitrogens with zero attached hydrogens (tertiary/aromatic N) is 2. The quantitative estimate of drug-likeness (QED) is 0.633. The van der Waals surface area contributed by atoms with Gasteiger partial charge in [-0.2, -0.15) is 0 Å². The highest BCUT2D eigenvalue weighted by Crippen LogP contribution is 2.28. The van der Waals surface area contributed by atoms with Crippen molar-refractivity contribution in [3.05, 3.63) is 35.4 Å². The van der Waals surface area contributed by atoms with Crippen LogP contribution in [0.1, 0.15) is 43.2 Å². The molecule has 26 heavy (non-hydrogen) atoms. The molecular weight excluding hydrogens is 346 g/mol. The van der Waals surface area contributed by atoms with Crippen molar-refractivity contribution >= 4 is 15.8 Å². The molecule has 1 N–H and O–H groups in total. The first-order chi connectivity index (χ1) is 12.5. The fraction of sp³-hybridized carbons (Fsp3) is 0.650. The summed E-state index contributed by atoms with van der Waals surface area (Å²) in [5, 5.41) is 3.47. The van der Waals surface area contributed by atoms with Crippen molar-refractivity contribution in [2.45, 2.75) is 39.0 Å². The molecule has 0 aliphatic carbocycles. The minimum absolute atomic E-state index is 0.175. The molecule has 0 amide bonds. The molecule has 2 aliphatic heterocycles. The van der Waals surface area contributed by atoms with Crippen LogP contribution in [0.25, 0.3) is 0 Å². The number of sulfone groups is 1. The van der Waals surface area contributed by atoms with Crippen LogP contribution >= 0.6 is 0 Å². The molecule has 2 saturated heterocycles. The molecule has 1 aromatic rings. The van der Waals surface area contributed by atoms with Crippen molar-refractivity contribution in [2.75, 3.05) is 37.7 Å². The van der Waals surface area contributed by atoms with Crippen LogP contribution < -0.4 is 5.32 Å². The number of guanidine groups is 1. The lowest BCUT2D eigenvalue weighted by Crippen LogP contribution is -2.40. The van der Waals surface area contributed by atoms with Gasteiger partial charge in [0, 0.05) is 32.1 Å². The van der Waals surface area contributed by atoms with E-state index in [0.29, 0.717) is 24.0 Å². The van der Waals surface area contributed by atoms with Crippen molar-refractivity contribution in [3.8, 4) is 0 Å². The predicted octanol–water partition coefficient (Wildman–Crippen LogP) is 2.57. The fourth-order valence-corrected chi connectivity index (χ4v) is 5.73. The Hall–Kier alpha value is -1.56. The minimum Gasteiger partial charge on any atom is -0.356 e. The van der Waals surface area contributed by atoms with Crippen LogP contribution in [0.5, 0.6) is 0 Å². The SMILES string of the molecule is CCCNC(=NCC1CCS(=O)(=O)C1)N1CCC(c2cccc(C)c2)C1. The zero-order chi connectivity index (χ0) is 18.6. The van der Waals surface area contributed by atoms with Crippen molar-refractivity contribution in [3.63, 3.8) is 0 Å². The molecular formula is C20H31N3O2S. The molecule has 1 aromatic carbocycles. The van der Waals surface area contributed by atoms with Gasteiger partial charge >= 0.3 is 0 Å². The number of benzene rings is 1. The third-order valence-corrected chi connectivity index (χ3v) is 7.20. The van der Waals surface area contributed by atoms with Crippen LogP contribution in [0.4, 0.5) is 0 Å². The van der Waals surface area contributed by atoms with Crippen LogP contribution in [-0.4, -0.2) is 57.0 Å². The molecule has 144 valence electrons. The Balaban J connectivity index is 1.65. The maximum Gasteiger partial charge on any atom is 0.193 e. The Kier molecular flexibility index (Phi) is 6.22. The molecule has 2 heterocycles. The summed E-state index contributed by atoms with van der Waals surface area (Å²) in [7, 11) is -2.83. The molecule has 0 aromatic heterocycles. The second-order valence-electron chi connectivity index (χ2n) is 7.71. The molecule has 0 spiro atoms. The molecule has 6 heteroatoms. The van der Waals surface area contributed by atoms with Crippen molar-refractivity contribution in [1.82, 2.24) is 10.2 Å². The summed E-state index contributed by atoms with van der Waals surface area (Å²) in [5.74, 6) is 2.28. The van der Waals surface area contributed by atoms with E-state index in [0.717, 1.165) is 44.9 Å². The van der Waals surface area contributed by atoms with E-state index in [-0.39, 0.29) is 5.92 Å². The highest BCUT2D eigenvalue weighted by Gasteiger charge is 2.29. The lowest BCUT2D eigenvalue weighted by molar-refractivity contribution is 0.479. The van der Waals surface area contributed by atoms with Gasteiger partial charge in [0.25, 0.3) is 0 Å². The van der Waals surface area contributed by atoms with Gasteiger partial charge in [-0.1, -0.05) is 36.8 Å². The number of hydrogen-bond acceptors (Lipinski definition) is 3. The summed E-state index contributed by atoms with van der Waals surface area (Å²) in [4.78, 5) is 7.14. The summed E-state index contributed by atoms with van der Waals surface area (Å²) < 4.78 is 23.3. The third-order valence-electron chi connectivity index (χ3n) is 5.36. The second-order valence-corrected chi connectivity index (χ2v) is 9.93. The summed E-state index contributed by atoms with van der Waals surface area (Å²) in [6, 6.07) is 8.79. The lowest BCUT2D eigenvalue weighted by Gasteiger charge is -2.22. The van der Waals surface area contributed by atoms with Crippen LogP contribution in [0.2, 0.25) is 0 Å². The highest BCUT2D eigenvalue weighted by atomic mass is 32.2. The standard InChI is InChI=1S/C20H31N3O2S/c1-3-9-21-20(22-13-17-8-11-26(24,25)15-17)23-10-7-19(14-23)18-6-4-5-16(2)12-18/h4-6,12,17,19H,3,7-11,13-15H2,1-2H3,(H,21,22). The van der Waals surface area contributed by atoms with Gasteiger partial charge in [-0.3, -0.25) is 4.99 Å². The lowest BCUT2D eigenvalue weighted by atomic mass is 9.97. The van der Waals surface area contributed by atoms with Crippen molar-refractivity contribution in [2.24, 2.45) is 10.9 Å². The van der Waals surface area contributed by atoms with E-state index in [1.54, 1.807) is 0 Å². The Bertz CT molecular complexity index is 745. The van der Waals surface area contributed by atoms with E-state index in [9.17, 15) is 8.42 Å². The van der Waals surface area contributed by atoms with Gasteiger partial charge in [0.1, 0.15) is 0 Å². The van der Waals surface area contributed by atoms with Crippen LogP contribution in [-0.2, 0) is 9.84 Å². The number of rotatable bonds is 5. The molecule has 0 saturated carbocycles. The van der Waals surface area contributed by atoms with E-state index in [1.165, 1.54) is 11.1 Å². The van der Waals surface area contributed by atoms with Crippen LogP contribution in [0.3, 0.4) is 0 Å². The molecule has 5 nitrogen and oxygen atoms in total. The summed E-state index contributed by atoms with van der Waals surface area (Å²) in [6.45, 7) is 7.76. The van der Waals surface area contributed by atoms with Gasteiger partial charge < -0.3 is 10.2 Å². The smallest absolute Gasteiger partial charge is 0.193 e. The first kappa shape index (κ1) is 19.2. The molecule has 2 atom stereocenters. The number of aryl methyl sites for hydroxylation is 1. The van der Waals surface area contributed by atoms with Crippen LogP contribution in [0.15, 0.2) is 29.3 Å². The van der Waals surface area contributed by atoms with Gasteiger partial charge in [-0.25, -0.2) is 8.42 Å². The first-order valence-corrected chi connectivity index (χ1v) is 11.6. The van der Waals surface area contributed by atoms with Crippen molar-refractivity contribution < 1.29 is 8.42 Å². The number of nitrogens with one attached hydrogen (secondary N) is 1. The maximum absolute atomic E-state index is 11.7. The van der Waals surface area contributed by atoms with Gasteiger partial charge in [-0.05, 0) is 37.7 Å². The third kappa shape index (κ3) is 5.00. The first-order valence-electron chi connectivity index (χ1n) is 9.77. The van der Waals surface area contributed by atoms with Crippen molar-refractivity contribution in [1.29, 1.82) is 0 Å². The number of aliphatic imine (C=N–C) groups is 1. The Morgan fingerprint density at radius 3 is 2.88 bits per heavy atom. The highest BCUT2D eigenvalue weighted by molar-refractivity contribution is 7.91. The molecule has 2 unspecified atom stereocenters. The molecule has 3 rings (SSSR count). The van der Waals surface area contributed by atoms with E-state index >= 15 is 0 Å². The Morgan fingerprint density at radius 1 is 1.35 bits per heavy atom. The van der Waals surface area contributed by atoms with Gasteiger partial charge in [0.15, 0.2) is 15.8 Å². The van der Waals surface area contributed by atoms with Gasteiger partial charge in [0.05, 0.1) is 11.5 Å². The molecule has 2 aliphatic rings. The summed E-state index contributed by atoms with van der Waals surface area (Å²) >= 11 is 0. The fourth-order valence-electron chi connectivity index (χ4n) is 3.88. The van der Waals surface area contributed by atoms with Gasteiger partial charge in [-0.15, -0.1) is 0 Å². The zero-order valence-electron chi connectivity index (χ0n) is 15.9. The van der Waals surface area contributed by atoms with E-state index in [4.69, 9.17) is 4.99 Å². The van der Waals surface area contributed by atoms with E-state index in [2.05, 4.69) is 48.3 Å². The summed E-state index contributed by atoms with van der Waals surface area (Å²) in [5.41, 5.74) is 2.71. The normalized spacial score (nSPS) is 25.6. The largest absolute Gasteiger partial charge is 0.356 e. The van der Waals surface area contributed by atoms with E-state index in [1.807, 2.05) is 0 Å². The average Bonchev–Trinajstić information content (AvgIpc) is 3.22. The topological polar surface area (TPSA) is 61.8 Å².